The average Bonchev–Trinajstić information content (AvgIpc) is 2.71. The summed E-state index contributed by atoms with van der Waals surface area (Å²) < 4.78 is 5.16. The van der Waals surface area contributed by atoms with Gasteiger partial charge in [0.15, 0.2) is 0 Å². The van der Waals surface area contributed by atoms with Crippen LogP contribution in [0, 0.1) is 5.92 Å². The molecule has 0 spiro atoms. The molecular weight excluding hydrogens is 394 g/mol. The van der Waals surface area contributed by atoms with Gasteiger partial charge < -0.3 is 20.7 Å². The maximum Gasteiger partial charge on any atom is 0.224 e. The van der Waals surface area contributed by atoms with Gasteiger partial charge in [-0.3, -0.25) is 14.4 Å². The minimum Gasteiger partial charge on any atom is -0.497 e. The molecule has 0 aromatic heterocycles. The van der Waals surface area contributed by atoms with Crippen molar-refractivity contribution in [3.8, 4) is 5.75 Å². The van der Waals surface area contributed by atoms with Crippen LogP contribution in [0.3, 0.4) is 0 Å². The van der Waals surface area contributed by atoms with E-state index in [0.717, 1.165) is 11.1 Å². The second kappa shape index (κ2) is 11.7. The quantitative estimate of drug-likeness (QED) is 0.542. The Morgan fingerprint density at radius 3 is 2.29 bits per heavy atom. The first kappa shape index (κ1) is 23.9. The van der Waals surface area contributed by atoms with Gasteiger partial charge in [-0.25, -0.2) is 0 Å². The number of methoxy groups -OCH3 is 1. The highest BCUT2D eigenvalue weighted by atomic mass is 16.5. The second-order valence-electron chi connectivity index (χ2n) is 7.85. The lowest BCUT2D eigenvalue weighted by Gasteiger charge is -2.18. The van der Waals surface area contributed by atoms with Gasteiger partial charge in [0.2, 0.25) is 17.7 Å². The van der Waals surface area contributed by atoms with E-state index in [-0.39, 0.29) is 30.1 Å². The molecule has 0 heterocycles. The molecule has 0 aliphatic rings. The van der Waals surface area contributed by atoms with E-state index in [4.69, 9.17) is 4.74 Å². The molecule has 3 N–H and O–H groups in total. The number of benzene rings is 2. The van der Waals surface area contributed by atoms with Gasteiger partial charge in [-0.2, -0.15) is 0 Å². The third-order valence-corrected chi connectivity index (χ3v) is 4.58. The Morgan fingerprint density at radius 2 is 1.68 bits per heavy atom. The van der Waals surface area contributed by atoms with Gasteiger partial charge in [-0.1, -0.05) is 38.1 Å². The number of ether oxygens (including phenoxy) is 1. The second-order valence-corrected chi connectivity index (χ2v) is 7.85. The zero-order valence-corrected chi connectivity index (χ0v) is 18.5. The van der Waals surface area contributed by atoms with Gasteiger partial charge in [0.1, 0.15) is 5.75 Å². The molecule has 3 amide bonds. The van der Waals surface area contributed by atoms with Gasteiger partial charge in [-0.05, 0) is 41.3 Å². The number of hydrogen-bond donors (Lipinski definition) is 3. The smallest absolute Gasteiger partial charge is 0.224 e. The van der Waals surface area contributed by atoms with Crippen LogP contribution in [0.15, 0.2) is 48.5 Å². The Kier molecular flexibility index (Phi) is 9.06. The van der Waals surface area contributed by atoms with Crippen LogP contribution < -0.4 is 20.7 Å². The zero-order chi connectivity index (χ0) is 22.8. The van der Waals surface area contributed by atoms with Crippen LogP contribution in [-0.2, 0) is 20.9 Å². The first-order valence-corrected chi connectivity index (χ1v) is 10.3. The number of carbonyl (C=O) groups is 3. The molecule has 2 aromatic carbocycles. The molecule has 0 aliphatic carbocycles. The van der Waals surface area contributed by atoms with Gasteiger partial charge in [-0.15, -0.1) is 0 Å². The molecule has 0 radical (unpaired) electrons. The normalized spacial score (nSPS) is 11.5. The third-order valence-electron chi connectivity index (χ3n) is 4.58. The Hall–Kier alpha value is -3.35. The van der Waals surface area contributed by atoms with Crippen molar-refractivity contribution in [2.45, 2.75) is 46.2 Å². The first-order chi connectivity index (χ1) is 14.8. The van der Waals surface area contributed by atoms with Crippen molar-refractivity contribution in [2.24, 2.45) is 5.92 Å². The topological polar surface area (TPSA) is 96.5 Å². The molecule has 2 rings (SSSR count). The SMILES string of the molecule is COc1ccc(C(CC(=O)NCc2cccc(NC(=O)CC(C)C)c2)NC(C)=O)cc1. The Morgan fingerprint density at radius 1 is 0.968 bits per heavy atom. The minimum atomic E-state index is -0.440. The van der Waals surface area contributed by atoms with E-state index < -0.39 is 6.04 Å². The average molecular weight is 426 g/mol. The van der Waals surface area contributed by atoms with E-state index in [1.807, 2.05) is 50.2 Å². The van der Waals surface area contributed by atoms with Crippen molar-refractivity contribution >= 4 is 23.4 Å². The maximum atomic E-state index is 12.5. The number of nitrogens with one attached hydrogen (secondary N) is 3. The van der Waals surface area contributed by atoms with E-state index in [1.165, 1.54) is 6.92 Å². The molecule has 1 atom stereocenters. The monoisotopic (exact) mass is 425 g/mol. The lowest BCUT2D eigenvalue weighted by molar-refractivity contribution is -0.123. The fraction of sp³-hybridized carbons (Fsp3) is 0.375. The standard InChI is InChI=1S/C24H31N3O4/c1-16(2)12-24(30)27-20-7-5-6-18(13-20)15-25-23(29)14-22(26-17(3)28)19-8-10-21(31-4)11-9-19/h5-11,13,16,22H,12,14-15H2,1-4H3,(H,25,29)(H,26,28)(H,27,30). The van der Waals surface area contributed by atoms with Crippen LogP contribution in [0.4, 0.5) is 5.69 Å². The summed E-state index contributed by atoms with van der Waals surface area (Å²) in [6, 6.07) is 14.2. The highest BCUT2D eigenvalue weighted by molar-refractivity contribution is 5.90. The van der Waals surface area contributed by atoms with Crippen molar-refractivity contribution in [1.29, 1.82) is 0 Å². The zero-order valence-electron chi connectivity index (χ0n) is 18.5. The van der Waals surface area contributed by atoms with Crippen molar-refractivity contribution in [1.82, 2.24) is 10.6 Å². The van der Waals surface area contributed by atoms with E-state index in [9.17, 15) is 14.4 Å². The van der Waals surface area contributed by atoms with Crippen LogP contribution in [0.1, 0.15) is 50.8 Å². The van der Waals surface area contributed by atoms with Gasteiger partial charge in [0.05, 0.1) is 19.6 Å². The Bertz CT molecular complexity index is 894. The highest BCUT2D eigenvalue weighted by Gasteiger charge is 2.17. The van der Waals surface area contributed by atoms with Gasteiger partial charge >= 0.3 is 0 Å². The summed E-state index contributed by atoms with van der Waals surface area (Å²) in [5.41, 5.74) is 2.39. The van der Waals surface area contributed by atoms with Crippen molar-refractivity contribution in [2.75, 3.05) is 12.4 Å². The van der Waals surface area contributed by atoms with E-state index >= 15 is 0 Å². The number of anilines is 1. The van der Waals surface area contributed by atoms with Crippen LogP contribution in [-0.4, -0.2) is 24.8 Å². The number of hydrogen-bond acceptors (Lipinski definition) is 4. The van der Waals surface area contributed by atoms with E-state index in [1.54, 1.807) is 19.2 Å². The van der Waals surface area contributed by atoms with Crippen LogP contribution in [0.2, 0.25) is 0 Å². The lowest BCUT2D eigenvalue weighted by Crippen LogP contribution is -2.32. The fourth-order valence-electron chi connectivity index (χ4n) is 3.13. The fourth-order valence-corrected chi connectivity index (χ4v) is 3.13. The molecular formula is C24H31N3O4. The highest BCUT2D eigenvalue weighted by Crippen LogP contribution is 2.20. The van der Waals surface area contributed by atoms with Crippen molar-refractivity contribution in [3.63, 3.8) is 0 Å². The summed E-state index contributed by atoms with van der Waals surface area (Å²) in [6.45, 7) is 5.73. The van der Waals surface area contributed by atoms with Gasteiger partial charge in [0.25, 0.3) is 0 Å². The summed E-state index contributed by atoms with van der Waals surface area (Å²) in [7, 11) is 1.58. The molecule has 0 fully saturated rings. The predicted molar refractivity (Wildman–Crippen MR) is 121 cm³/mol. The molecule has 2 aromatic rings. The molecule has 7 heteroatoms. The van der Waals surface area contributed by atoms with Crippen molar-refractivity contribution in [3.05, 3.63) is 59.7 Å². The Labute approximate surface area is 183 Å². The number of rotatable bonds is 10. The summed E-state index contributed by atoms with van der Waals surface area (Å²) in [5.74, 6) is 0.552. The van der Waals surface area contributed by atoms with E-state index in [2.05, 4.69) is 16.0 Å². The molecule has 0 saturated heterocycles. The van der Waals surface area contributed by atoms with Crippen molar-refractivity contribution < 1.29 is 19.1 Å². The molecule has 0 aliphatic heterocycles. The third kappa shape index (κ3) is 8.50. The van der Waals surface area contributed by atoms with Crippen LogP contribution >= 0.6 is 0 Å². The van der Waals surface area contributed by atoms with E-state index in [0.29, 0.717) is 24.4 Å². The summed E-state index contributed by atoms with van der Waals surface area (Å²) >= 11 is 0. The largest absolute Gasteiger partial charge is 0.497 e. The van der Waals surface area contributed by atoms with Crippen LogP contribution in [0.5, 0.6) is 5.75 Å². The minimum absolute atomic E-state index is 0.0335. The molecule has 166 valence electrons. The molecule has 0 bridgehead atoms. The Balaban J connectivity index is 1.96. The molecule has 31 heavy (non-hydrogen) atoms. The lowest BCUT2D eigenvalue weighted by atomic mass is 10.0. The van der Waals surface area contributed by atoms with Gasteiger partial charge in [0, 0.05) is 25.6 Å². The van der Waals surface area contributed by atoms with Crippen LogP contribution in [0.25, 0.3) is 0 Å². The summed E-state index contributed by atoms with van der Waals surface area (Å²) in [5, 5.41) is 8.58. The number of amides is 3. The molecule has 1 unspecified atom stereocenters. The molecule has 0 saturated carbocycles. The summed E-state index contributed by atoms with van der Waals surface area (Å²) in [4.78, 5) is 36.1. The maximum absolute atomic E-state index is 12.5. The first-order valence-electron chi connectivity index (χ1n) is 10.3. The summed E-state index contributed by atoms with van der Waals surface area (Å²) in [6.07, 6.45) is 0.563. The number of carbonyl (C=O) groups excluding carboxylic acids is 3. The predicted octanol–water partition coefficient (Wildman–Crippen LogP) is 3.56. The molecule has 7 nitrogen and oxygen atoms in total.